The molecule has 1 aliphatic rings. The second-order valence-electron chi connectivity index (χ2n) is 8.23. The number of hydrogen-bond acceptors (Lipinski definition) is 2. The predicted octanol–water partition coefficient (Wildman–Crippen LogP) is 3.91. The van der Waals surface area contributed by atoms with E-state index in [1.807, 2.05) is 0 Å². The fraction of sp³-hybridized carbons (Fsp3) is 0.667. The minimum absolute atomic E-state index is 0.195. The van der Waals surface area contributed by atoms with Gasteiger partial charge < -0.3 is 10.2 Å². The number of carbonyl (C=O) groups excluding carboxylic acids is 1. The van der Waals surface area contributed by atoms with E-state index in [1.165, 1.54) is 30.4 Å². The number of amides is 1. The molecule has 1 aromatic carbocycles. The van der Waals surface area contributed by atoms with Crippen LogP contribution in [0.25, 0.3) is 0 Å². The second kappa shape index (κ2) is 8.66. The average molecular weight is 331 g/mol. The van der Waals surface area contributed by atoms with Crippen molar-refractivity contribution in [3.8, 4) is 0 Å². The lowest BCUT2D eigenvalue weighted by Gasteiger charge is -2.32. The van der Waals surface area contributed by atoms with Crippen LogP contribution in [0.15, 0.2) is 24.3 Å². The minimum atomic E-state index is 0.195. The van der Waals surface area contributed by atoms with Crippen LogP contribution in [0.2, 0.25) is 0 Å². The third-order valence-electron chi connectivity index (χ3n) is 5.15. The fourth-order valence-corrected chi connectivity index (χ4v) is 3.35. The first kappa shape index (κ1) is 19.0. The van der Waals surface area contributed by atoms with Crippen molar-refractivity contribution in [1.29, 1.82) is 0 Å². The van der Waals surface area contributed by atoms with Crippen LogP contribution in [-0.4, -0.2) is 37.0 Å². The molecule has 24 heavy (non-hydrogen) atoms. The lowest BCUT2D eigenvalue weighted by Crippen LogP contribution is -2.44. The van der Waals surface area contributed by atoms with Crippen LogP contribution in [0, 0.1) is 0 Å². The molecule has 1 fully saturated rings. The van der Waals surface area contributed by atoms with Gasteiger partial charge in [0, 0.05) is 19.0 Å². The van der Waals surface area contributed by atoms with Crippen LogP contribution >= 0.6 is 0 Å². The molecule has 1 saturated heterocycles. The third-order valence-corrected chi connectivity index (χ3v) is 5.15. The predicted molar refractivity (Wildman–Crippen MR) is 101 cm³/mol. The topological polar surface area (TPSA) is 32.3 Å². The SMILES string of the molecule is CN1CCCC[C@@H]1CNC(=O)CCCc1ccc(C(C)(C)C)cc1. The monoisotopic (exact) mass is 330 g/mol. The molecule has 1 atom stereocenters. The molecule has 0 unspecified atom stereocenters. The Bertz CT molecular complexity index is 516. The summed E-state index contributed by atoms with van der Waals surface area (Å²) < 4.78 is 0. The number of rotatable bonds is 6. The molecule has 1 heterocycles. The largest absolute Gasteiger partial charge is 0.355 e. The first-order valence-corrected chi connectivity index (χ1v) is 9.42. The number of piperidine rings is 1. The van der Waals surface area contributed by atoms with Gasteiger partial charge in [-0.05, 0) is 55.8 Å². The standard InChI is InChI=1S/C21H34N2O/c1-21(2,3)18-13-11-17(12-14-18)8-7-10-20(24)22-16-19-9-5-6-15-23(19)4/h11-14,19H,5-10,15-16H2,1-4H3,(H,22,24)/t19-/m1/s1. The van der Waals surface area contributed by atoms with Crippen molar-refractivity contribution in [1.82, 2.24) is 10.2 Å². The van der Waals surface area contributed by atoms with Gasteiger partial charge in [0.1, 0.15) is 0 Å². The number of nitrogens with zero attached hydrogens (tertiary/aromatic N) is 1. The van der Waals surface area contributed by atoms with Crippen molar-refractivity contribution in [2.75, 3.05) is 20.1 Å². The number of carbonyl (C=O) groups is 1. The van der Waals surface area contributed by atoms with E-state index < -0.39 is 0 Å². The lowest BCUT2D eigenvalue weighted by atomic mass is 9.86. The Morgan fingerprint density at radius 2 is 1.92 bits per heavy atom. The zero-order valence-corrected chi connectivity index (χ0v) is 15.9. The number of hydrogen-bond donors (Lipinski definition) is 1. The van der Waals surface area contributed by atoms with Gasteiger partial charge in [0.2, 0.25) is 5.91 Å². The maximum absolute atomic E-state index is 12.0. The number of aryl methyl sites for hydroxylation is 1. The van der Waals surface area contributed by atoms with Crippen molar-refractivity contribution in [2.24, 2.45) is 0 Å². The highest BCUT2D eigenvalue weighted by atomic mass is 16.1. The van der Waals surface area contributed by atoms with E-state index >= 15 is 0 Å². The van der Waals surface area contributed by atoms with Crippen LogP contribution in [0.5, 0.6) is 0 Å². The number of benzene rings is 1. The molecule has 0 aliphatic carbocycles. The van der Waals surface area contributed by atoms with Gasteiger partial charge in [-0.1, -0.05) is 51.5 Å². The van der Waals surface area contributed by atoms with E-state index in [2.05, 4.69) is 62.3 Å². The Hall–Kier alpha value is -1.35. The Kier molecular flexibility index (Phi) is 6.85. The second-order valence-corrected chi connectivity index (χ2v) is 8.23. The van der Waals surface area contributed by atoms with Gasteiger partial charge >= 0.3 is 0 Å². The molecule has 1 aromatic rings. The summed E-state index contributed by atoms with van der Waals surface area (Å²) in [6.07, 6.45) is 6.29. The minimum Gasteiger partial charge on any atom is -0.355 e. The van der Waals surface area contributed by atoms with E-state index in [0.29, 0.717) is 12.5 Å². The van der Waals surface area contributed by atoms with Gasteiger partial charge in [0.25, 0.3) is 0 Å². The van der Waals surface area contributed by atoms with E-state index in [1.54, 1.807) is 0 Å². The first-order chi connectivity index (χ1) is 11.4. The molecule has 0 aromatic heterocycles. The summed E-state index contributed by atoms with van der Waals surface area (Å²) >= 11 is 0. The maximum Gasteiger partial charge on any atom is 0.220 e. The summed E-state index contributed by atoms with van der Waals surface area (Å²) in [6, 6.07) is 9.36. The van der Waals surface area contributed by atoms with Crippen LogP contribution in [0.3, 0.4) is 0 Å². The summed E-state index contributed by atoms with van der Waals surface area (Å²) in [5.41, 5.74) is 2.88. The van der Waals surface area contributed by atoms with Gasteiger partial charge in [-0.3, -0.25) is 4.79 Å². The Morgan fingerprint density at radius 1 is 1.21 bits per heavy atom. The Morgan fingerprint density at radius 3 is 2.54 bits per heavy atom. The van der Waals surface area contributed by atoms with E-state index in [4.69, 9.17) is 0 Å². The summed E-state index contributed by atoms with van der Waals surface area (Å²) in [5, 5.41) is 3.12. The van der Waals surface area contributed by atoms with E-state index in [-0.39, 0.29) is 11.3 Å². The highest BCUT2D eigenvalue weighted by Gasteiger charge is 2.19. The molecule has 3 heteroatoms. The normalized spacial score (nSPS) is 19.2. The zero-order valence-electron chi connectivity index (χ0n) is 15.9. The Labute approximate surface area is 147 Å². The molecule has 2 rings (SSSR count). The van der Waals surface area contributed by atoms with E-state index in [0.717, 1.165) is 25.9 Å². The van der Waals surface area contributed by atoms with Crippen molar-refractivity contribution >= 4 is 5.91 Å². The third kappa shape index (κ3) is 5.94. The number of nitrogens with one attached hydrogen (secondary N) is 1. The van der Waals surface area contributed by atoms with Gasteiger partial charge in [-0.2, -0.15) is 0 Å². The van der Waals surface area contributed by atoms with Gasteiger partial charge in [-0.15, -0.1) is 0 Å². The molecule has 0 radical (unpaired) electrons. The molecule has 0 spiro atoms. The zero-order chi connectivity index (χ0) is 17.6. The summed E-state index contributed by atoms with van der Waals surface area (Å²) in [7, 11) is 2.16. The first-order valence-electron chi connectivity index (χ1n) is 9.42. The highest BCUT2D eigenvalue weighted by molar-refractivity contribution is 5.75. The Balaban J connectivity index is 1.67. The highest BCUT2D eigenvalue weighted by Crippen LogP contribution is 2.22. The van der Waals surface area contributed by atoms with Crippen LogP contribution in [-0.2, 0) is 16.6 Å². The van der Waals surface area contributed by atoms with Gasteiger partial charge in [0.05, 0.1) is 0 Å². The molecule has 134 valence electrons. The molecule has 0 bridgehead atoms. The molecule has 0 saturated carbocycles. The summed E-state index contributed by atoms with van der Waals surface area (Å²) in [4.78, 5) is 14.4. The maximum atomic E-state index is 12.0. The van der Waals surface area contributed by atoms with Crippen molar-refractivity contribution in [2.45, 2.75) is 70.8 Å². The molecule has 3 nitrogen and oxygen atoms in total. The molecule has 1 N–H and O–H groups in total. The van der Waals surface area contributed by atoms with Crippen molar-refractivity contribution < 1.29 is 4.79 Å². The molecular weight excluding hydrogens is 296 g/mol. The summed E-state index contributed by atoms with van der Waals surface area (Å²) in [5.74, 6) is 0.195. The van der Waals surface area contributed by atoms with Gasteiger partial charge in [-0.25, -0.2) is 0 Å². The number of likely N-dealkylation sites (tertiary alicyclic amines) is 1. The van der Waals surface area contributed by atoms with Crippen molar-refractivity contribution in [3.05, 3.63) is 35.4 Å². The molecule has 1 aliphatic heterocycles. The molecule has 1 amide bonds. The fourth-order valence-electron chi connectivity index (χ4n) is 3.35. The smallest absolute Gasteiger partial charge is 0.220 e. The van der Waals surface area contributed by atoms with E-state index in [9.17, 15) is 4.79 Å². The van der Waals surface area contributed by atoms with Crippen LogP contribution in [0.4, 0.5) is 0 Å². The van der Waals surface area contributed by atoms with Gasteiger partial charge in [0.15, 0.2) is 0 Å². The quantitative estimate of drug-likeness (QED) is 0.858. The van der Waals surface area contributed by atoms with Crippen molar-refractivity contribution in [3.63, 3.8) is 0 Å². The molecular formula is C21H34N2O. The lowest BCUT2D eigenvalue weighted by molar-refractivity contribution is -0.121. The average Bonchev–Trinajstić information content (AvgIpc) is 2.54. The number of likely N-dealkylation sites (N-methyl/N-ethyl adjacent to an activating group) is 1. The van der Waals surface area contributed by atoms with Crippen LogP contribution < -0.4 is 5.32 Å². The summed E-state index contributed by atoms with van der Waals surface area (Å²) in [6.45, 7) is 8.66. The van der Waals surface area contributed by atoms with Crippen LogP contribution in [0.1, 0.15) is 64.0 Å².